The van der Waals surface area contributed by atoms with Crippen LogP contribution in [0.3, 0.4) is 0 Å². The van der Waals surface area contributed by atoms with E-state index in [9.17, 15) is 8.42 Å². The second kappa shape index (κ2) is 5.14. The summed E-state index contributed by atoms with van der Waals surface area (Å²) in [5, 5.41) is 4.86. The van der Waals surface area contributed by atoms with Gasteiger partial charge in [0.15, 0.2) is 0 Å². The first-order chi connectivity index (χ1) is 6.99. The summed E-state index contributed by atoms with van der Waals surface area (Å²) in [5.41, 5.74) is 1.04. The molecule has 0 heterocycles. The number of ether oxygens (including phenoxy) is 1. The second-order valence-corrected chi connectivity index (χ2v) is 5.07. The van der Waals surface area contributed by atoms with Gasteiger partial charge in [0, 0.05) is 0 Å². The number of aryl methyl sites for hydroxylation is 1. The lowest BCUT2D eigenvalue weighted by Gasteiger charge is -2.07. The van der Waals surface area contributed by atoms with Crippen molar-refractivity contribution >= 4 is 10.0 Å². The fourth-order valence-corrected chi connectivity index (χ4v) is 1.68. The third-order valence-electron chi connectivity index (χ3n) is 1.92. The smallest absolute Gasteiger partial charge is 0.209 e. The molecule has 0 atom stereocenters. The van der Waals surface area contributed by atoms with Gasteiger partial charge in [0.2, 0.25) is 10.0 Å². The Labute approximate surface area is 90.1 Å². The number of hydrogen-bond acceptors (Lipinski definition) is 3. The summed E-state index contributed by atoms with van der Waals surface area (Å²) in [5.74, 6) is 0.741. The molecule has 0 radical (unpaired) electrons. The van der Waals surface area contributed by atoms with E-state index in [2.05, 4.69) is 0 Å². The highest BCUT2D eigenvalue weighted by Gasteiger charge is 2.02. The highest BCUT2D eigenvalue weighted by atomic mass is 32.2. The fraction of sp³-hybridized carbons (Fsp3) is 0.400. The lowest BCUT2D eigenvalue weighted by molar-refractivity contribution is 0.315. The number of nitrogens with two attached hydrogens (primary N) is 1. The maximum atomic E-state index is 10.6. The van der Waals surface area contributed by atoms with E-state index in [1.807, 2.05) is 31.2 Å². The molecule has 0 aliphatic carbocycles. The first-order valence-corrected chi connectivity index (χ1v) is 6.39. The monoisotopic (exact) mass is 229 g/mol. The van der Waals surface area contributed by atoms with Crippen molar-refractivity contribution in [1.82, 2.24) is 0 Å². The molecule has 5 heteroatoms. The van der Waals surface area contributed by atoms with Crippen molar-refractivity contribution in [3.63, 3.8) is 0 Å². The van der Waals surface area contributed by atoms with Crippen molar-refractivity contribution in [3.05, 3.63) is 29.8 Å². The molecule has 4 nitrogen and oxygen atoms in total. The molecule has 15 heavy (non-hydrogen) atoms. The average Bonchev–Trinajstić information content (AvgIpc) is 2.13. The van der Waals surface area contributed by atoms with Crippen LogP contribution in [-0.2, 0) is 10.0 Å². The molecular formula is C10H15NO3S. The van der Waals surface area contributed by atoms with E-state index in [0.717, 1.165) is 11.3 Å². The van der Waals surface area contributed by atoms with Gasteiger partial charge in [-0.25, -0.2) is 13.6 Å². The van der Waals surface area contributed by atoms with E-state index in [0.29, 0.717) is 13.0 Å². The zero-order valence-electron chi connectivity index (χ0n) is 8.64. The number of rotatable bonds is 5. The van der Waals surface area contributed by atoms with Gasteiger partial charge in [-0.3, -0.25) is 0 Å². The molecule has 0 bridgehead atoms. The number of benzene rings is 1. The highest BCUT2D eigenvalue weighted by molar-refractivity contribution is 7.89. The molecule has 1 aromatic rings. The minimum atomic E-state index is -3.37. The Balaban J connectivity index is 2.36. The topological polar surface area (TPSA) is 69.4 Å². The maximum absolute atomic E-state index is 10.6. The third kappa shape index (κ3) is 4.80. The summed E-state index contributed by atoms with van der Waals surface area (Å²) in [6.45, 7) is 2.30. The van der Waals surface area contributed by atoms with Gasteiger partial charge in [-0.1, -0.05) is 18.2 Å². The van der Waals surface area contributed by atoms with E-state index in [4.69, 9.17) is 9.88 Å². The van der Waals surface area contributed by atoms with Crippen LogP contribution < -0.4 is 9.88 Å². The van der Waals surface area contributed by atoms with Crippen LogP contribution in [0.2, 0.25) is 0 Å². The first-order valence-electron chi connectivity index (χ1n) is 4.68. The Bertz CT molecular complexity index is 414. The van der Waals surface area contributed by atoms with Crippen LogP contribution in [0.4, 0.5) is 0 Å². The Kier molecular flexibility index (Phi) is 4.11. The van der Waals surface area contributed by atoms with Gasteiger partial charge in [-0.05, 0) is 25.0 Å². The van der Waals surface area contributed by atoms with Gasteiger partial charge in [0.05, 0.1) is 12.4 Å². The Morgan fingerprint density at radius 1 is 1.33 bits per heavy atom. The van der Waals surface area contributed by atoms with Gasteiger partial charge < -0.3 is 4.74 Å². The molecule has 0 aromatic heterocycles. The lowest BCUT2D eigenvalue weighted by atomic mass is 10.2. The molecule has 0 aliphatic heterocycles. The van der Waals surface area contributed by atoms with Crippen molar-refractivity contribution in [2.45, 2.75) is 13.3 Å². The molecular weight excluding hydrogens is 214 g/mol. The van der Waals surface area contributed by atoms with E-state index in [-0.39, 0.29) is 5.75 Å². The van der Waals surface area contributed by atoms with Crippen LogP contribution in [0.1, 0.15) is 12.0 Å². The summed E-state index contributed by atoms with van der Waals surface area (Å²) in [6, 6.07) is 7.59. The summed E-state index contributed by atoms with van der Waals surface area (Å²) in [6.07, 6.45) is 0.410. The lowest BCUT2D eigenvalue weighted by Crippen LogP contribution is -2.18. The van der Waals surface area contributed by atoms with Crippen LogP contribution in [0.5, 0.6) is 5.75 Å². The SMILES string of the molecule is Cc1ccccc1OCCCS(N)(=O)=O. The zero-order valence-corrected chi connectivity index (χ0v) is 9.46. The van der Waals surface area contributed by atoms with Gasteiger partial charge in [-0.2, -0.15) is 0 Å². The molecule has 2 N–H and O–H groups in total. The summed E-state index contributed by atoms with van der Waals surface area (Å²) in [7, 11) is -3.37. The number of para-hydroxylation sites is 1. The summed E-state index contributed by atoms with van der Waals surface area (Å²) >= 11 is 0. The van der Waals surface area contributed by atoms with Crippen LogP contribution >= 0.6 is 0 Å². The number of hydrogen-bond donors (Lipinski definition) is 1. The maximum Gasteiger partial charge on any atom is 0.209 e. The van der Waals surface area contributed by atoms with E-state index in [1.165, 1.54) is 0 Å². The van der Waals surface area contributed by atoms with Gasteiger partial charge in [0.1, 0.15) is 5.75 Å². The van der Waals surface area contributed by atoms with Crippen molar-refractivity contribution in [3.8, 4) is 5.75 Å². The molecule has 0 aliphatic rings. The van der Waals surface area contributed by atoms with Crippen LogP contribution in [0.25, 0.3) is 0 Å². The van der Waals surface area contributed by atoms with E-state index >= 15 is 0 Å². The molecule has 0 amide bonds. The average molecular weight is 229 g/mol. The largest absolute Gasteiger partial charge is 0.493 e. The van der Waals surface area contributed by atoms with Gasteiger partial charge in [0.25, 0.3) is 0 Å². The number of sulfonamides is 1. The van der Waals surface area contributed by atoms with E-state index < -0.39 is 10.0 Å². The van der Waals surface area contributed by atoms with Crippen LogP contribution in [-0.4, -0.2) is 20.8 Å². The van der Waals surface area contributed by atoms with Crippen LogP contribution in [0.15, 0.2) is 24.3 Å². The molecule has 0 spiro atoms. The minimum absolute atomic E-state index is 0.0428. The quantitative estimate of drug-likeness (QED) is 0.767. The molecule has 0 fully saturated rings. The Morgan fingerprint density at radius 3 is 2.60 bits per heavy atom. The molecule has 0 saturated heterocycles. The van der Waals surface area contributed by atoms with Gasteiger partial charge in [-0.15, -0.1) is 0 Å². The Morgan fingerprint density at radius 2 is 2.00 bits per heavy atom. The molecule has 1 rings (SSSR count). The second-order valence-electron chi connectivity index (χ2n) is 3.33. The number of primary sulfonamides is 1. The summed E-state index contributed by atoms with van der Waals surface area (Å²) < 4.78 is 26.7. The predicted octanol–water partition coefficient (Wildman–Crippen LogP) is 1.05. The van der Waals surface area contributed by atoms with Crippen molar-refractivity contribution in [1.29, 1.82) is 0 Å². The fourth-order valence-electron chi connectivity index (χ4n) is 1.16. The third-order valence-corrected chi connectivity index (χ3v) is 2.78. The normalized spacial score (nSPS) is 11.3. The van der Waals surface area contributed by atoms with Crippen molar-refractivity contribution < 1.29 is 13.2 Å². The minimum Gasteiger partial charge on any atom is -0.493 e. The molecule has 0 saturated carbocycles. The van der Waals surface area contributed by atoms with Crippen LogP contribution in [0, 0.1) is 6.92 Å². The van der Waals surface area contributed by atoms with Gasteiger partial charge >= 0.3 is 0 Å². The predicted molar refractivity (Wildman–Crippen MR) is 59.3 cm³/mol. The standard InChI is InChI=1S/C10H15NO3S/c1-9-5-2-3-6-10(9)14-7-4-8-15(11,12)13/h2-3,5-6H,4,7-8H2,1H3,(H2,11,12,13). The molecule has 84 valence electrons. The first kappa shape index (κ1) is 12.0. The van der Waals surface area contributed by atoms with Crippen molar-refractivity contribution in [2.75, 3.05) is 12.4 Å². The highest BCUT2D eigenvalue weighted by Crippen LogP contribution is 2.16. The molecule has 0 unspecified atom stereocenters. The van der Waals surface area contributed by atoms with E-state index in [1.54, 1.807) is 0 Å². The molecule has 1 aromatic carbocycles. The Hall–Kier alpha value is -1.07. The summed E-state index contributed by atoms with van der Waals surface area (Å²) in [4.78, 5) is 0. The zero-order chi connectivity index (χ0) is 11.3. The van der Waals surface area contributed by atoms with Crippen molar-refractivity contribution in [2.24, 2.45) is 5.14 Å².